The average Bonchev–Trinajstić information content (AvgIpc) is 2.23. The van der Waals surface area contributed by atoms with Crippen LogP contribution in [0.3, 0.4) is 0 Å². The molecule has 4 nitrogen and oxygen atoms in total. The smallest absolute Gasteiger partial charge is 0.238 e. The molecule has 1 aromatic rings. The fourth-order valence-electron chi connectivity index (χ4n) is 1.34. The number of aliphatic hydroxyl groups excluding tert-OH is 1. The highest BCUT2D eigenvalue weighted by molar-refractivity contribution is 14.1. The van der Waals surface area contributed by atoms with E-state index in [4.69, 9.17) is 5.11 Å². The summed E-state index contributed by atoms with van der Waals surface area (Å²) in [7, 11) is 1.81. The number of aliphatic hydroxyl groups is 1. The summed E-state index contributed by atoms with van der Waals surface area (Å²) >= 11 is 6.69. The lowest BCUT2D eigenvalue weighted by Crippen LogP contribution is -2.32. The molecule has 2 N–H and O–H groups in total. The van der Waals surface area contributed by atoms with E-state index in [-0.39, 0.29) is 19.1 Å². The number of hydrogen-bond acceptors (Lipinski definition) is 3. The van der Waals surface area contributed by atoms with Crippen molar-refractivity contribution < 1.29 is 9.90 Å². The van der Waals surface area contributed by atoms with Gasteiger partial charge in [0.25, 0.3) is 0 Å². The van der Waals surface area contributed by atoms with Gasteiger partial charge in [-0.25, -0.2) is 0 Å². The van der Waals surface area contributed by atoms with E-state index < -0.39 is 0 Å². The fraction of sp³-hybridized carbons (Fsp3) is 0.364. The van der Waals surface area contributed by atoms with Crippen LogP contribution in [0.5, 0.6) is 0 Å². The van der Waals surface area contributed by atoms with Crippen LogP contribution < -0.4 is 5.32 Å². The number of likely N-dealkylation sites (N-methyl/N-ethyl adjacent to an activating group) is 1. The summed E-state index contributed by atoms with van der Waals surface area (Å²) in [5.74, 6) is -0.0667. The number of hydrogen-bond donors (Lipinski definition) is 2. The SMILES string of the molecule is CN(CCO)CC(=O)Nc1c(I)cc(I)cc1I. The van der Waals surface area contributed by atoms with Crippen LogP contribution in [-0.4, -0.2) is 42.7 Å². The molecule has 0 spiro atoms. The highest BCUT2D eigenvalue weighted by Gasteiger charge is 2.11. The summed E-state index contributed by atoms with van der Waals surface area (Å²) < 4.78 is 3.21. The van der Waals surface area contributed by atoms with Gasteiger partial charge >= 0.3 is 0 Å². The largest absolute Gasteiger partial charge is 0.395 e. The van der Waals surface area contributed by atoms with E-state index >= 15 is 0 Å². The molecule has 0 aliphatic carbocycles. The second-order valence-corrected chi connectivity index (χ2v) is 7.32. The van der Waals surface area contributed by atoms with Crippen LogP contribution in [0.4, 0.5) is 5.69 Å². The minimum atomic E-state index is -0.0667. The Hall–Kier alpha value is 0.800. The maximum absolute atomic E-state index is 11.8. The van der Waals surface area contributed by atoms with Crippen LogP contribution in [0.15, 0.2) is 12.1 Å². The van der Waals surface area contributed by atoms with Gasteiger partial charge in [0.2, 0.25) is 5.91 Å². The van der Waals surface area contributed by atoms with Gasteiger partial charge in [0, 0.05) is 17.3 Å². The molecule has 1 aromatic carbocycles. The molecule has 0 unspecified atom stereocenters. The topological polar surface area (TPSA) is 52.6 Å². The van der Waals surface area contributed by atoms with Crippen LogP contribution in [0.25, 0.3) is 0 Å². The second kappa shape index (κ2) is 8.17. The number of rotatable bonds is 5. The molecule has 0 heterocycles. The predicted octanol–water partition coefficient (Wildman–Crippen LogP) is 2.36. The van der Waals surface area contributed by atoms with Crippen molar-refractivity contribution in [1.82, 2.24) is 4.90 Å². The summed E-state index contributed by atoms with van der Waals surface area (Å²) in [5.41, 5.74) is 0.860. The van der Waals surface area contributed by atoms with Gasteiger partial charge < -0.3 is 10.4 Å². The Morgan fingerprint density at radius 2 is 1.89 bits per heavy atom. The zero-order valence-electron chi connectivity index (χ0n) is 9.71. The molecule has 0 bridgehead atoms. The number of nitrogens with zero attached hydrogens (tertiary/aromatic N) is 1. The monoisotopic (exact) mass is 586 g/mol. The van der Waals surface area contributed by atoms with Gasteiger partial charge in [-0.2, -0.15) is 0 Å². The molecule has 0 aromatic heterocycles. The van der Waals surface area contributed by atoms with Crippen molar-refractivity contribution in [3.63, 3.8) is 0 Å². The zero-order chi connectivity index (χ0) is 13.7. The standard InChI is InChI=1S/C11H13I3N2O2/c1-16(2-3-17)6-10(18)15-11-8(13)4-7(12)5-9(11)14/h4-5,17H,2-3,6H2,1H3,(H,15,18). The lowest BCUT2D eigenvalue weighted by Gasteiger charge is -2.16. The Kier molecular flexibility index (Phi) is 7.65. The number of carbonyl (C=O) groups is 1. The molecule has 0 saturated heterocycles. The van der Waals surface area contributed by atoms with E-state index in [0.29, 0.717) is 6.54 Å². The minimum absolute atomic E-state index is 0.0579. The molecule has 100 valence electrons. The predicted molar refractivity (Wildman–Crippen MR) is 97.8 cm³/mol. The fourth-order valence-corrected chi connectivity index (χ4v) is 5.19. The molecule has 7 heteroatoms. The molecule has 1 rings (SSSR count). The summed E-state index contributed by atoms with van der Waals surface area (Å²) in [4.78, 5) is 13.6. The van der Waals surface area contributed by atoms with Gasteiger partial charge in [0.05, 0.1) is 18.8 Å². The van der Waals surface area contributed by atoms with Gasteiger partial charge in [-0.05, 0) is 87.0 Å². The van der Waals surface area contributed by atoms with Crippen LogP contribution in [0.1, 0.15) is 0 Å². The first-order valence-corrected chi connectivity index (χ1v) is 8.41. The van der Waals surface area contributed by atoms with Gasteiger partial charge in [0.15, 0.2) is 0 Å². The molecule has 0 saturated carbocycles. The first-order chi connectivity index (χ1) is 8.43. The van der Waals surface area contributed by atoms with Crippen LogP contribution >= 0.6 is 67.8 Å². The van der Waals surface area contributed by atoms with Crippen molar-refractivity contribution in [2.24, 2.45) is 0 Å². The third-order valence-corrected chi connectivity index (χ3v) is 4.49. The van der Waals surface area contributed by atoms with Crippen LogP contribution in [0, 0.1) is 10.7 Å². The third-order valence-electron chi connectivity index (χ3n) is 2.17. The van der Waals surface area contributed by atoms with Crippen molar-refractivity contribution in [3.05, 3.63) is 22.8 Å². The molecule has 0 aliphatic heterocycles. The van der Waals surface area contributed by atoms with E-state index in [1.54, 1.807) is 11.9 Å². The summed E-state index contributed by atoms with van der Waals surface area (Å²) in [6.07, 6.45) is 0. The van der Waals surface area contributed by atoms with E-state index in [1.165, 1.54) is 0 Å². The van der Waals surface area contributed by atoms with Crippen LogP contribution in [-0.2, 0) is 4.79 Å². The lowest BCUT2D eigenvalue weighted by atomic mass is 10.3. The first-order valence-electron chi connectivity index (χ1n) is 5.18. The van der Waals surface area contributed by atoms with Gasteiger partial charge in [0.1, 0.15) is 0 Å². The molecule has 0 atom stereocenters. The molecular weight excluding hydrogens is 573 g/mol. The Morgan fingerprint density at radius 3 is 2.39 bits per heavy atom. The third kappa shape index (κ3) is 5.43. The molecule has 0 radical (unpaired) electrons. The van der Waals surface area contributed by atoms with Crippen molar-refractivity contribution in [3.8, 4) is 0 Å². The lowest BCUT2D eigenvalue weighted by molar-refractivity contribution is -0.117. The van der Waals surface area contributed by atoms with Gasteiger partial charge in [-0.15, -0.1) is 0 Å². The Labute approximate surface area is 147 Å². The molecular formula is C11H13I3N2O2. The quantitative estimate of drug-likeness (QED) is 0.522. The van der Waals surface area contributed by atoms with Crippen molar-refractivity contribution in [2.45, 2.75) is 0 Å². The van der Waals surface area contributed by atoms with E-state index in [1.807, 2.05) is 12.1 Å². The zero-order valence-corrected chi connectivity index (χ0v) is 16.2. The summed E-state index contributed by atoms with van der Waals surface area (Å²) in [6, 6.07) is 4.05. The number of anilines is 1. The normalized spacial score (nSPS) is 10.8. The van der Waals surface area contributed by atoms with E-state index in [9.17, 15) is 4.79 Å². The van der Waals surface area contributed by atoms with Crippen molar-refractivity contribution in [2.75, 3.05) is 32.1 Å². The number of carbonyl (C=O) groups excluding carboxylic acids is 1. The second-order valence-electron chi connectivity index (χ2n) is 3.75. The average molecular weight is 586 g/mol. The minimum Gasteiger partial charge on any atom is -0.395 e. The number of benzene rings is 1. The Morgan fingerprint density at radius 1 is 1.33 bits per heavy atom. The Balaban J connectivity index is 2.70. The Bertz CT molecular complexity index is 417. The maximum Gasteiger partial charge on any atom is 0.238 e. The van der Waals surface area contributed by atoms with Crippen LogP contribution in [0.2, 0.25) is 0 Å². The number of halogens is 3. The van der Waals surface area contributed by atoms with Crippen molar-refractivity contribution >= 4 is 79.4 Å². The molecule has 1 amide bonds. The molecule has 0 fully saturated rings. The number of nitrogens with one attached hydrogen (secondary N) is 1. The highest BCUT2D eigenvalue weighted by Crippen LogP contribution is 2.27. The number of amides is 1. The molecule has 18 heavy (non-hydrogen) atoms. The summed E-state index contributed by atoms with van der Waals surface area (Å²) in [6.45, 7) is 0.829. The van der Waals surface area contributed by atoms with Gasteiger partial charge in [-0.3, -0.25) is 9.69 Å². The van der Waals surface area contributed by atoms with Crippen molar-refractivity contribution in [1.29, 1.82) is 0 Å². The van der Waals surface area contributed by atoms with E-state index in [2.05, 4.69) is 73.1 Å². The van der Waals surface area contributed by atoms with Gasteiger partial charge in [-0.1, -0.05) is 0 Å². The molecule has 0 aliphatic rings. The maximum atomic E-state index is 11.8. The first kappa shape index (κ1) is 16.9. The highest BCUT2D eigenvalue weighted by atomic mass is 127. The van der Waals surface area contributed by atoms with E-state index in [0.717, 1.165) is 16.4 Å². The summed E-state index contributed by atoms with van der Waals surface area (Å²) in [5, 5.41) is 11.7.